The van der Waals surface area contributed by atoms with Crippen LogP contribution >= 0.6 is 15.9 Å². The van der Waals surface area contributed by atoms with E-state index >= 15 is 0 Å². The average Bonchev–Trinajstić information content (AvgIpc) is 2.71. The first-order valence-electron chi connectivity index (χ1n) is 11.9. The SMILES string of the molecule is CCCC/C=C\CCOC(CCCCCCCCBr)OCC/C=C\CCCC. The Morgan fingerprint density at radius 1 is 0.607 bits per heavy atom. The van der Waals surface area contributed by atoms with Crippen LogP contribution in [0.25, 0.3) is 0 Å². The molecule has 0 bridgehead atoms. The van der Waals surface area contributed by atoms with Gasteiger partial charge in [-0.2, -0.15) is 0 Å². The normalized spacial score (nSPS) is 12.1. The fraction of sp³-hybridized carbons (Fsp3) is 0.840. The Hall–Kier alpha value is -0.120. The second-order valence-electron chi connectivity index (χ2n) is 7.57. The minimum Gasteiger partial charge on any atom is -0.352 e. The lowest BCUT2D eigenvalue weighted by atomic mass is 10.1. The van der Waals surface area contributed by atoms with Crippen LogP contribution in [-0.2, 0) is 9.47 Å². The van der Waals surface area contributed by atoms with E-state index in [0.717, 1.165) is 37.8 Å². The summed E-state index contributed by atoms with van der Waals surface area (Å²) < 4.78 is 12.1. The minimum atomic E-state index is -0.0318. The maximum atomic E-state index is 6.04. The molecule has 0 amide bonds. The second-order valence-corrected chi connectivity index (χ2v) is 8.37. The van der Waals surface area contributed by atoms with Crippen LogP contribution in [0.5, 0.6) is 0 Å². The molecular weight excluding hydrogens is 412 g/mol. The first kappa shape index (κ1) is 27.9. The molecule has 0 heterocycles. The Morgan fingerprint density at radius 3 is 1.57 bits per heavy atom. The molecule has 166 valence electrons. The van der Waals surface area contributed by atoms with E-state index in [1.807, 2.05) is 0 Å². The molecule has 0 spiro atoms. The zero-order valence-corrected chi connectivity index (χ0v) is 20.4. The van der Waals surface area contributed by atoms with E-state index in [2.05, 4.69) is 54.1 Å². The molecule has 0 aliphatic heterocycles. The Balaban J connectivity index is 3.95. The summed E-state index contributed by atoms with van der Waals surface area (Å²) in [6.07, 6.45) is 27.4. The minimum absolute atomic E-state index is 0.0318. The molecule has 0 N–H and O–H groups in total. The Morgan fingerprint density at radius 2 is 1.07 bits per heavy atom. The highest BCUT2D eigenvalue weighted by molar-refractivity contribution is 9.09. The van der Waals surface area contributed by atoms with Gasteiger partial charge in [-0.25, -0.2) is 0 Å². The summed E-state index contributed by atoms with van der Waals surface area (Å²) in [6.45, 7) is 6.01. The van der Waals surface area contributed by atoms with Crippen molar-refractivity contribution in [2.24, 2.45) is 0 Å². The topological polar surface area (TPSA) is 18.5 Å². The van der Waals surface area contributed by atoms with Crippen LogP contribution in [0.1, 0.15) is 110 Å². The molecule has 0 aromatic heterocycles. The second kappa shape index (κ2) is 24.9. The van der Waals surface area contributed by atoms with Crippen molar-refractivity contribution in [2.45, 2.75) is 116 Å². The van der Waals surface area contributed by atoms with E-state index in [-0.39, 0.29) is 6.29 Å². The molecule has 0 aromatic carbocycles. The molecule has 0 fully saturated rings. The van der Waals surface area contributed by atoms with Crippen molar-refractivity contribution in [3.8, 4) is 0 Å². The van der Waals surface area contributed by atoms with Crippen molar-refractivity contribution >= 4 is 15.9 Å². The van der Waals surface area contributed by atoms with Crippen LogP contribution in [0.3, 0.4) is 0 Å². The van der Waals surface area contributed by atoms with Gasteiger partial charge < -0.3 is 9.47 Å². The highest BCUT2D eigenvalue weighted by Crippen LogP contribution is 2.13. The fourth-order valence-electron chi connectivity index (χ4n) is 2.98. The number of alkyl halides is 1. The molecule has 0 atom stereocenters. The first-order valence-corrected chi connectivity index (χ1v) is 13.1. The van der Waals surface area contributed by atoms with Gasteiger partial charge >= 0.3 is 0 Å². The van der Waals surface area contributed by atoms with Gasteiger partial charge in [-0.15, -0.1) is 0 Å². The highest BCUT2D eigenvalue weighted by Gasteiger charge is 2.08. The van der Waals surface area contributed by atoms with Crippen molar-refractivity contribution in [3.05, 3.63) is 24.3 Å². The van der Waals surface area contributed by atoms with Gasteiger partial charge in [0.25, 0.3) is 0 Å². The predicted octanol–water partition coefficient (Wildman–Crippen LogP) is 8.74. The third kappa shape index (κ3) is 22.2. The molecule has 0 saturated carbocycles. The van der Waals surface area contributed by atoms with E-state index in [1.165, 1.54) is 77.0 Å². The summed E-state index contributed by atoms with van der Waals surface area (Å²) in [4.78, 5) is 0. The summed E-state index contributed by atoms with van der Waals surface area (Å²) in [5, 5.41) is 1.14. The molecule has 2 nitrogen and oxygen atoms in total. The molecule has 0 saturated heterocycles. The smallest absolute Gasteiger partial charge is 0.157 e. The summed E-state index contributed by atoms with van der Waals surface area (Å²) in [5.41, 5.74) is 0. The Bertz CT molecular complexity index is 317. The molecular formula is C25H47BrO2. The monoisotopic (exact) mass is 458 g/mol. The van der Waals surface area contributed by atoms with Gasteiger partial charge in [0.15, 0.2) is 6.29 Å². The predicted molar refractivity (Wildman–Crippen MR) is 128 cm³/mol. The summed E-state index contributed by atoms with van der Waals surface area (Å²) >= 11 is 3.50. The molecule has 0 aromatic rings. The van der Waals surface area contributed by atoms with Crippen molar-refractivity contribution in [2.75, 3.05) is 18.5 Å². The largest absolute Gasteiger partial charge is 0.352 e. The van der Waals surface area contributed by atoms with Gasteiger partial charge in [-0.05, 0) is 44.9 Å². The van der Waals surface area contributed by atoms with E-state index in [9.17, 15) is 0 Å². The van der Waals surface area contributed by atoms with Gasteiger partial charge in [0, 0.05) is 5.33 Å². The molecule has 0 aliphatic carbocycles. The van der Waals surface area contributed by atoms with E-state index in [0.29, 0.717) is 0 Å². The van der Waals surface area contributed by atoms with E-state index in [4.69, 9.17) is 9.47 Å². The van der Waals surface area contributed by atoms with Crippen molar-refractivity contribution in [1.82, 2.24) is 0 Å². The van der Waals surface area contributed by atoms with Crippen LogP contribution < -0.4 is 0 Å². The Labute approximate surface area is 184 Å². The lowest BCUT2D eigenvalue weighted by Crippen LogP contribution is -2.18. The van der Waals surface area contributed by atoms with Crippen LogP contribution in [0.4, 0.5) is 0 Å². The number of halogens is 1. The number of hydrogen-bond acceptors (Lipinski definition) is 2. The van der Waals surface area contributed by atoms with Gasteiger partial charge in [0.2, 0.25) is 0 Å². The van der Waals surface area contributed by atoms with Gasteiger partial charge in [-0.3, -0.25) is 0 Å². The van der Waals surface area contributed by atoms with Crippen LogP contribution in [-0.4, -0.2) is 24.8 Å². The van der Waals surface area contributed by atoms with E-state index in [1.54, 1.807) is 0 Å². The fourth-order valence-corrected chi connectivity index (χ4v) is 3.37. The van der Waals surface area contributed by atoms with Gasteiger partial charge in [0.1, 0.15) is 0 Å². The zero-order chi connectivity index (χ0) is 20.5. The highest BCUT2D eigenvalue weighted by atomic mass is 79.9. The van der Waals surface area contributed by atoms with Crippen molar-refractivity contribution < 1.29 is 9.47 Å². The number of hydrogen-bond donors (Lipinski definition) is 0. The van der Waals surface area contributed by atoms with Crippen LogP contribution in [0, 0.1) is 0 Å². The zero-order valence-electron chi connectivity index (χ0n) is 18.8. The standard InChI is InChI=1S/C25H47BrO2/c1-3-5-7-9-15-19-23-27-25(21-17-13-11-12-14-18-22-26)28-24-20-16-10-8-6-4-2/h9-10,15-16,25H,3-8,11-14,17-24H2,1-2H3/b15-9-,16-10-. The average molecular weight is 460 g/mol. The van der Waals surface area contributed by atoms with Crippen molar-refractivity contribution in [3.63, 3.8) is 0 Å². The van der Waals surface area contributed by atoms with Crippen LogP contribution in [0.15, 0.2) is 24.3 Å². The third-order valence-electron chi connectivity index (χ3n) is 4.78. The number of rotatable bonds is 22. The molecule has 0 rings (SSSR count). The molecule has 0 aliphatic rings. The Kier molecular flexibility index (Phi) is 24.8. The van der Waals surface area contributed by atoms with Crippen molar-refractivity contribution in [1.29, 1.82) is 0 Å². The summed E-state index contributed by atoms with van der Waals surface area (Å²) in [5.74, 6) is 0. The van der Waals surface area contributed by atoms with Gasteiger partial charge in [-0.1, -0.05) is 105 Å². The molecule has 28 heavy (non-hydrogen) atoms. The molecule has 3 heteroatoms. The number of unbranched alkanes of at least 4 members (excludes halogenated alkanes) is 9. The summed E-state index contributed by atoms with van der Waals surface area (Å²) in [6, 6.07) is 0. The molecule has 0 radical (unpaired) electrons. The maximum absolute atomic E-state index is 6.04. The summed E-state index contributed by atoms with van der Waals surface area (Å²) in [7, 11) is 0. The van der Waals surface area contributed by atoms with Crippen LogP contribution in [0.2, 0.25) is 0 Å². The van der Waals surface area contributed by atoms with Gasteiger partial charge in [0.05, 0.1) is 13.2 Å². The molecule has 0 unspecified atom stereocenters. The quantitative estimate of drug-likeness (QED) is 0.0697. The third-order valence-corrected chi connectivity index (χ3v) is 5.34. The van der Waals surface area contributed by atoms with E-state index < -0.39 is 0 Å². The first-order chi connectivity index (χ1) is 13.8. The number of allylic oxidation sites excluding steroid dienone is 2. The lowest BCUT2D eigenvalue weighted by molar-refractivity contribution is -0.144. The maximum Gasteiger partial charge on any atom is 0.157 e. The lowest BCUT2D eigenvalue weighted by Gasteiger charge is -2.18. The number of ether oxygens (including phenoxy) is 2.